The first-order chi connectivity index (χ1) is 18.7. The molecule has 1 aromatic carbocycles. The van der Waals surface area contributed by atoms with Crippen LogP contribution in [0, 0.1) is 35.3 Å². The summed E-state index contributed by atoms with van der Waals surface area (Å²) in [5.41, 5.74) is -0.898. The summed E-state index contributed by atoms with van der Waals surface area (Å²) in [5, 5.41) is 3.35. The zero-order chi connectivity index (χ0) is 27.1. The fourth-order valence-corrected chi connectivity index (χ4v) is 8.89. The molecule has 1 N–H and O–H groups in total. The number of anilines is 1. The number of nitrogens with one attached hydrogen (secondary N) is 1. The van der Waals surface area contributed by atoms with Crippen molar-refractivity contribution in [1.29, 1.82) is 0 Å². The summed E-state index contributed by atoms with van der Waals surface area (Å²) < 4.78 is 42.1. The van der Waals surface area contributed by atoms with E-state index < -0.39 is 39.3 Å². The molecule has 204 valence electrons. The predicted molar refractivity (Wildman–Crippen MR) is 145 cm³/mol. The maximum absolute atomic E-state index is 15.0. The lowest BCUT2D eigenvalue weighted by atomic mass is 9.62. The molecule has 39 heavy (non-hydrogen) atoms. The van der Waals surface area contributed by atoms with Crippen molar-refractivity contribution in [3.8, 4) is 5.69 Å². The van der Waals surface area contributed by atoms with Crippen LogP contribution in [0.1, 0.15) is 49.4 Å². The first-order valence-electron chi connectivity index (χ1n) is 13.6. The Balaban J connectivity index is 1.31. The highest BCUT2D eigenvalue weighted by molar-refractivity contribution is 7.85. The zero-order valence-corrected chi connectivity index (χ0v) is 22.5. The molecule has 7 rings (SSSR count). The maximum Gasteiger partial charge on any atom is 0.257 e. The number of hydrogen-bond acceptors (Lipinski definition) is 5. The van der Waals surface area contributed by atoms with E-state index in [2.05, 4.69) is 17.2 Å². The van der Waals surface area contributed by atoms with Gasteiger partial charge in [0, 0.05) is 40.9 Å². The van der Waals surface area contributed by atoms with Gasteiger partial charge >= 0.3 is 0 Å². The molecule has 1 aliphatic heterocycles. The molecule has 0 radical (unpaired) electrons. The van der Waals surface area contributed by atoms with Crippen molar-refractivity contribution in [1.82, 2.24) is 14.9 Å². The Kier molecular flexibility index (Phi) is 5.70. The molecule has 3 aromatic rings. The number of carbonyl (C=O) groups is 1. The van der Waals surface area contributed by atoms with Crippen LogP contribution in [-0.4, -0.2) is 43.4 Å². The molecule has 4 aliphatic rings. The molecule has 3 saturated carbocycles. The predicted octanol–water partition coefficient (Wildman–Crippen LogP) is 4.13. The van der Waals surface area contributed by atoms with E-state index in [0.717, 1.165) is 36.8 Å². The lowest BCUT2D eigenvalue weighted by Crippen LogP contribution is -2.51. The second kappa shape index (κ2) is 8.94. The van der Waals surface area contributed by atoms with Gasteiger partial charge in [-0.1, -0.05) is 0 Å². The van der Waals surface area contributed by atoms with Gasteiger partial charge in [-0.3, -0.25) is 18.4 Å². The van der Waals surface area contributed by atoms with Gasteiger partial charge in [0.1, 0.15) is 23.0 Å². The van der Waals surface area contributed by atoms with E-state index in [1.54, 1.807) is 12.1 Å². The number of carbonyl (C=O) groups excluding carboxylic acids is 1. The molecule has 0 spiro atoms. The third kappa shape index (κ3) is 4.18. The zero-order valence-electron chi connectivity index (χ0n) is 21.7. The van der Waals surface area contributed by atoms with Crippen molar-refractivity contribution in [2.24, 2.45) is 23.7 Å². The van der Waals surface area contributed by atoms with E-state index in [9.17, 15) is 18.2 Å². The number of nitrogens with zero attached hydrogens (tertiary/aromatic N) is 3. The number of aromatic nitrogens is 2. The molecular formula is C29H30F2N4O3S. The van der Waals surface area contributed by atoms with Crippen LogP contribution in [0.25, 0.3) is 16.7 Å². The monoisotopic (exact) mass is 552 g/mol. The highest BCUT2D eigenvalue weighted by atomic mass is 32.2. The van der Waals surface area contributed by atoms with Crippen molar-refractivity contribution in [3.05, 3.63) is 63.9 Å². The van der Waals surface area contributed by atoms with Crippen molar-refractivity contribution in [2.45, 2.75) is 44.6 Å². The minimum atomic E-state index is -0.996. The molecule has 4 fully saturated rings. The number of fused-ring (bicyclic) bond motifs is 2. The maximum atomic E-state index is 15.0. The van der Waals surface area contributed by atoms with E-state index in [1.165, 1.54) is 36.1 Å². The minimum absolute atomic E-state index is 0.0244. The fraction of sp³-hybridized carbons (Fsp3) is 0.483. The lowest BCUT2D eigenvalue weighted by molar-refractivity contribution is 0.0570. The quantitative estimate of drug-likeness (QED) is 0.526. The van der Waals surface area contributed by atoms with Gasteiger partial charge in [-0.15, -0.1) is 0 Å². The molecule has 10 heteroatoms. The van der Waals surface area contributed by atoms with Gasteiger partial charge in [0.2, 0.25) is 5.43 Å². The number of amides is 1. The van der Waals surface area contributed by atoms with E-state index in [-0.39, 0.29) is 22.3 Å². The Morgan fingerprint density at radius 1 is 1.13 bits per heavy atom. The Hall–Kier alpha value is -3.14. The highest BCUT2D eigenvalue weighted by Gasteiger charge is 2.53. The van der Waals surface area contributed by atoms with Crippen LogP contribution in [-0.2, 0) is 10.8 Å². The molecule has 7 nitrogen and oxygen atoms in total. The van der Waals surface area contributed by atoms with Crippen LogP contribution in [0.15, 0.2) is 41.3 Å². The number of rotatable bonds is 4. The van der Waals surface area contributed by atoms with Crippen LogP contribution in [0.5, 0.6) is 0 Å². The third-order valence-corrected chi connectivity index (χ3v) is 10.6. The van der Waals surface area contributed by atoms with Gasteiger partial charge in [-0.2, -0.15) is 0 Å². The SMILES string of the molecule is CC1(NC(=O)c2cn(-c3ccc(F)cc3F)c3nc(N4CCS(=O)C4)ccc3c2=O)CC2CC3CC(C1)C3C2. The third-order valence-electron chi connectivity index (χ3n) is 9.39. The van der Waals surface area contributed by atoms with Gasteiger partial charge in [0.25, 0.3) is 5.91 Å². The molecule has 1 amide bonds. The molecule has 3 heterocycles. The first kappa shape index (κ1) is 24.9. The van der Waals surface area contributed by atoms with E-state index in [0.29, 0.717) is 35.8 Å². The average molecular weight is 553 g/mol. The number of hydrogen-bond donors (Lipinski definition) is 1. The van der Waals surface area contributed by atoms with Crippen molar-refractivity contribution < 1.29 is 17.8 Å². The lowest BCUT2D eigenvalue weighted by Gasteiger charge is -2.46. The Labute approximate surface area is 227 Å². The molecule has 6 atom stereocenters. The van der Waals surface area contributed by atoms with Crippen molar-refractivity contribution in [3.63, 3.8) is 0 Å². The van der Waals surface area contributed by atoms with E-state index >= 15 is 4.39 Å². The fourth-order valence-electron chi connectivity index (χ4n) is 7.72. The summed E-state index contributed by atoms with van der Waals surface area (Å²) in [4.78, 5) is 33.9. The van der Waals surface area contributed by atoms with Gasteiger partial charge in [-0.25, -0.2) is 13.8 Å². The van der Waals surface area contributed by atoms with Crippen molar-refractivity contribution >= 4 is 33.6 Å². The summed E-state index contributed by atoms with van der Waals surface area (Å²) in [6, 6.07) is 6.40. The van der Waals surface area contributed by atoms with Crippen LogP contribution in [0.2, 0.25) is 0 Å². The molecule has 3 aliphatic carbocycles. The smallest absolute Gasteiger partial charge is 0.257 e. The van der Waals surface area contributed by atoms with E-state index in [4.69, 9.17) is 0 Å². The second-order valence-electron chi connectivity index (χ2n) is 12.1. The van der Waals surface area contributed by atoms with Crippen LogP contribution < -0.4 is 15.6 Å². The Morgan fingerprint density at radius 3 is 2.74 bits per heavy atom. The van der Waals surface area contributed by atoms with Gasteiger partial charge in [0.15, 0.2) is 5.65 Å². The number of pyridine rings is 2. The highest BCUT2D eigenvalue weighted by Crippen LogP contribution is 2.60. The van der Waals surface area contributed by atoms with Gasteiger partial charge < -0.3 is 10.2 Å². The van der Waals surface area contributed by atoms with Crippen LogP contribution in [0.4, 0.5) is 14.6 Å². The molecule has 6 unspecified atom stereocenters. The molecule has 2 bridgehead atoms. The number of halogens is 2. The summed E-state index contributed by atoms with van der Waals surface area (Å²) in [5.74, 6) is 2.07. The molecule has 1 saturated heterocycles. The van der Waals surface area contributed by atoms with E-state index in [1.807, 2.05) is 4.90 Å². The average Bonchev–Trinajstić information content (AvgIpc) is 3.42. The summed E-state index contributed by atoms with van der Waals surface area (Å²) in [6.07, 6.45) is 6.77. The van der Waals surface area contributed by atoms with Gasteiger partial charge in [0.05, 0.1) is 17.0 Å². The Bertz CT molecular complexity index is 1600. The van der Waals surface area contributed by atoms with Crippen LogP contribution in [0.3, 0.4) is 0 Å². The Morgan fingerprint density at radius 2 is 1.97 bits per heavy atom. The molecule has 2 aromatic heterocycles. The normalized spacial score (nSPS) is 31.3. The largest absolute Gasteiger partial charge is 0.347 e. The summed E-state index contributed by atoms with van der Waals surface area (Å²) in [6.45, 7) is 2.62. The van der Waals surface area contributed by atoms with Crippen LogP contribution >= 0.6 is 0 Å². The first-order valence-corrected chi connectivity index (χ1v) is 15.1. The van der Waals surface area contributed by atoms with Gasteiger partial charge in [-0.05, 0) is 87.0 Å². The number of benzene rings is 1. The summed E-state index contributed by atoms with van der Waals surface area (Å²) in [7, 11) is -0.996. The molecular weight excluding hydrogens is 522 g/mol. The standard InChI is InChI=1S/C29H30F2N4O3S/c1-29(12-16-8-17-10-18(13-29)21(17)9-16)33-28(37)22-14-35(24-4-2-19(30)11-23(24)31)27-20(26(22)36)3-5-25(32-27)34-6-7-39(38)15-34/h2-5,11,14,16-18,21H,6-10,12-13,15H2,1H3,(H,33,37). The second-order valence-corrected chi connectivity index (χ2v) is 13.6. The van der Waals surface area contributed by atoms with Crippen molar-refractivity contribution in [2.75, 3.05) is 23.1 Å². The summed E-state index contributed by atoms with van der Waals surface area (Å²) >= 11 is 0. The topological polar surface area (TPSA) is 84.3 Å². The minimum Gasteiger partial charge on any atom is -0.347 e.